The van der Waals surface area contributed by atoms with Crippen LogP contribution in [0.5, 0.6) is 5.75 Å². The molecule has 0 saturated carbocycles. The molecule has 0 radical (unpaired) electrons. The van der Waals surface area contributed by atoms with Gasteiger partial charge in [-0.3, -0.25) is 9.59 Å². The predicted octanol–water partition coefficient (Wildman–Crippen LogP) is 7.48. The van der Waals surface area contributed by atoms with Crippen LogP contribution in [0.2, 0.25) is 0 Å². The highest BCUT2D eigenvalue weighted by Crippen LogP contribution is 2.49. The fourth-order valence-corrected chi connectivity index (χ4v) is 10.4. The molecule has 9 atom stereocenters. The molecule has 0 aliphatic carbocycles. The van der Waals surface area contributed by atoms with Crippen molar-refractivity contribution in [3.8, 4) is 5.75 Å². The topological polar surface area (TPSA) is 128 Å². The van der Waals surface area contributed by atoms with E-state index >= 15 is 0 Å². The summed E-state index contributed by atoms with van der Waals surface area (Å²) in [5.74, 6) is 2.17. The molecule has 3 aliphatic rings. The molecule has 11 nitrogen and oxygen atoms in total. The van der Waals surface area contributed by atoms with Gasteiger partial charge < -0.3 is 44.5 Å². The normalized spacial score (nSPS) is 29.4. The van der Waals surface area contributed by atoms with E-state index in [1.165, 1.54) is 0 Å². The summed E-state index contributed by atoms with van der Waals surface area (Å²) in [6.45, 7) is 24.8. The van der Waals surface area contributed by atoms with Gasteiger partial charge in [0.15, 0.2) is 5.88 Å². The van der Waals surface area contributed by atoms with Gasteiger partial charge in [-0.1, -0.05) is 58.9 Å². The third-order valence-corrected chi connectivity index (χ3v) is 15.1. The van der Waals surface area contributed by atoms with E-state index in [-0.39, 0.29) is 59.3 Å². The first-order valence-electron chi connectivity index (χ1n) is 20.0. The van der Waals surface area contributed by atoms with Crippen molar-refractivity contribution in [2.75, 3.05) is 39.0 Å². The Bertz CT molecular complexity index is 1680. The van der Waals surface area contributed by atoms with Crippen LogP contribution in [0.1, 0.15) is 85.3 Å². The Balaban J connectivity index is 1.64. The Morgan fingerprint density at radius 2 is 1.95 bits per heavy atom. The summed E-state index contributed by atoms with van der Waals surface area (Å²) in [7, 11) is 10.4. The van der Waals surface area contributed by atoms with Gasteiger partial charge in [0, 0.05) is 62.1 Å². The number of benzene rings is 1. The van der Waals surface area contributed by atoms with Crippen LogP contribution in [0.3, 0.4) is 0 Å². The molecule has 13 heteroatoms. The maximum Gasteiger partial charge on any atom is 0.230 e. The first-order valence-corrected chi connectivity index (χ1v) is 22.3. The maximum absolute atomic E-state index is 14.4. The van der Waals surface area contributed by atoms with Gasteiger partial charge >= 0.3 is 0 Å². The second-order valence-corrected chi connectivity index (χ2v) is 19.9. The quantitative estimate of drug-likeness (QED) is 0.117. The molecule has 3 N–H and O–H groups in total. The Labute approximate surface area is 349 Å². The molecule has 2 fully saturated rings. The minimum absolute atomic E-state index is 0.00706. The van der Waals surface area contributed by atoms with Gasteiger partial charge in [0.1, 0.15) is 29.3 Å². The van der Waals surface area contributed by atoms with E-state index in [1.807, 2.05) is 45.9 Å². The molecule has 57 heavy (non-hydrogen) atoms. The van der Waals surface area contributed by atoms with E-state index in [1.54, 1.807) is 59.7 Å². The van der Waals surface area contributed by atoms with Crippen molar-refractivity contribution in [1.29, 1.82) is 0 Å². The number of epoxide rings is 1. The highest BCUT2D eigenvalue weighted by Gasteiger charge is 2.63. The molecule has 3 aliphatic heterocycles. The molecule has 1 aromatic rings. The number of ether oxygens (including phenoxy) is 5. The number of nitrogens with zero attached hydrogens (tertiary/aromatic N) is 2. The van der Waals surface area contributed by atoms with Crippen LogP contribution in [0.4, 0.5) is 5.69 Å². The zero-order valence-electron chi connectivity index (χ0n) is 36.3. The zero-order valence-corrected chi connectivity index (χ0v) is 37.9. The lowest BCUT2D eigenvalue weighted by atomic mass is 9.84. The number of carbonyl (C=O) groups excluding carboxylic acids is 2. The molecule has 3 heterocycles. The van der Waals surface area contributed by atoms with Gasteiger partial charge in [0.2, 0.25) is 11.8 Å². The number of fused-ring (bicyclic) bond motifs is 5. The van der Waals surface area contributed by atoms with Crippen molar-refractivity contribution >= 4 is 39.1 Å². The Morgan fingerprint density at radius 3 is 2.60 bits per heavy atom. The third kappa shape index (κ3) is 12.0. The van der Waals surface area contributed by atoms with Crippen molar-refractivity contribution in [1.82, 2.24) is 10.2 Å². The number of methoxy groups -OCH3 is 2. The Hall–Kier alpha value is -3.10. The van der Waals surface area contributed by atoms with Gasteiger partial charge in [0.05, 0.1) is 43.5 Å². The van der Waals surface area contributed by atoms with E-state index < -0.39 is 17.7 Å². The number of rotatable bonds is 13. The van der Waals surface area contributed by atoms with Crippen molar-refractivity contribution in [3.63, 3.8) is 0 Å². The molecular formula is C44H68N4O7S2. The van der Waals surface area contributed by atoms with E-state index in [0.717, 1.165) is 28.1 Å². The summed E-state index contributed by atoms with van der Waals surface area (Å²) in [4.78, 5) is 31.3. The fourth-order valence-electron chi connectivity index (χ4n) is 7.55. The number of carbonyl (C=O) groups is 2. The van der Waals surface area contributed by atoms with E-state index in [2.05, 4.69) is 58.3 Å². The van der Waals surface area contributed by atoms with Crippen LogP contribution < -0.4 is 20.7 Å². The molecule has 1 aromatic carbocycles. The predicted molar refractivity (Wildman–Crippen MR) is 234 cm³/mol. The van der Waals surface area contributed by atoms with Crippen molar-refractivity contribution in [2.24, 2.45) is 11.7 Å². The largest absolute Gasteiger partial charge is 0.496 e. The number of hydrogen-bond donors (Lipinski definition) is 2. The summed E-state index contributed by atoms with van der Waals surface area (Å²) in [6.07, 6.45) is 7.08. The van der Waals surface area contributed by atoms with Crippen molar-refractivity contribution in [3.05, 3.63) is 71.9 Å². The van der Waals surface area contributed by atoms with Crippen molar-refractivity contribution in [2.45, 2.75) is 140 Å². The van der Waals surface area contributed by atoms with E-state index in [4.69, 9.17) is 29.4 Å². The fraction of sp³-hybridized carbons (Fsp3) is 0.636. The average Bonchev–Trinajstić information content (AvgIpc) is 3.85. The zero-order chi connectivity index (χ0) is 42.4. The summed E-state index contributed by atoms with van der Waals surface area (Å²) in [6, 6.07) is 3.65. The van der Waals surface area contributed by atoms with Crippen molar-refractivity contribution < 1.29 is 33.3 Å². The third-order valence-electron chi connectivity index (χ3n) is 11.5. The van der Waals surface area contributed by atoms with Crippen LogP contribution >= 0.6 is 21.6 Å². The van der Waals surface area contributed by atoms with Crippen LogP contribution in [-0.2, 0) is 35.0 Å². The Kier molecular flexibility index (Phi) is 16.2. The molecule has 0 spiro atoms. The number of allylic oxidation sites excluding steroid dienone is 3. The van der Waals surface area contributed by atoms with Crippen LogP contribution in [0.15, 0.2) is 60.7 Å². The van der Waals surface area contributed by atoms with Gasteiger partial charge in [-0.2, -0.15) is 0 Å². The first kappa shape index (κ1) is 46.6. The number of nitrogens with one attached hydrogen (secondary N) is 1. The lowest BCUT2D eigenvalue weighted by molar-refractivity contribution is -0.132. The number of amides is 2. The molecule has 4 bridgehead atoms. The van der Waals surface area contributed by atoms with E-state index in [0.29, 0.717) is 43.1 Å². The number of nitrogens with two attached hydrogens (primary N) is 1. The summed E-state index contributed by atoms with van der Waals surface area (Å²) >= 11 is 0. The number of likely N-dealkylation sites (N-methyl/N-ethyl adjacent to an activating group) is 1. The lowest BCUT2D eigenvalue weighted by Crippen LogP contribution is -2.50. The van der Waals surface area contributed by atoms with E-state index in [9.17, 15) is 9.59 Å². The minimum Gasteiger partial charge on any atom is -0.496 e. The summed E-state index contributed by atoms with van der Waals surface area (Å²) < 4.78 is 31.2. The summed E-state index contributed by atoms with van der Waals surface area (Å²) in [5, 5.41) is 3.38. The van der Waals surface area contributed by atoms with Gasteiger partial charge in [0.25, 0.3) is 0 Å². The van der Waals surface area contributed by atoms with Gasteiger partial charge in [-0.15, -0.1) is 0 Å². The minimum atomic E-state index is -0.856. The second-order valence-electron chi connectivity index (χ2n) is 16.9. The SMILES string of the molecule is C=C1NC2C[C@H](O1)[C@@H](C)[C@@H]1OC1(C)[C@@H](OC(=C)C(C)N(C)C(=O)CCC(C)(C)SSCC(C)N)CC(=O)N(C)c1cc(cc(OC)c1C)C/C(C)=C/C=C/[C@H]2OC. The Morgan fingerprint density at radius 1 is 1.25 bits per heavy atom. The van der Waals surface area contributed by atoms with Gasteiger partial charge in [-0.05, 0) is 85.6 Å². The number of hydrogen-bond acceptors (Lipinski definition) is 11. The smallest absolute Gasteiger partial charge is 0.230 e. The van der Waals surface area contributed by atoms with Crippen LogP contribution in [-0.4, -0.2) is 104 Å². The summed E-state index contributed by atoms with van der Waals surface area (Å²) in [5.41, 5.74) is 8.83. The average molecular weight is 829 g/mol. The standard InChI is InChI=1S/C44H68N4O7S2/c1-26-16-15-17-36(51-13)34-23-38(54-32(7)46-34)29(4)42-44(10,55-42)39(24-41(50)48(12)35-21-33(20-26)22-37(52-14)28(35)3)53-31(6)30(5)47(11)40(49)18-19-43(8,9)57-56-25-27(2)45/h15-17,21-22,27,29-30,34,36,38-39,42,46H,6-7,18-20,23-25,45H2,1-5,8-14H3/b17-15+,26-16+/t27?,29-,30?,34?,36-,38+,39+,42+,44?/m1/s1. The van der Waals surface area contributed by atoms with Gasteiger partial charge in [-0.25, -0.2) is 0 Å². The highest BCUT2D eigenvalue weighted by molar-refractivity contribution is 8.77. The molecule has 318 valence electrons. The number of anilines is 1. The molecule has 2 amide bonds. The highest BCUT2D eigenvalue weighted by atomic mass is 33.1. The lowest BCUT2D eigenvalue weighted by Gasteiger charge is -2.38. The molecule has 2 saturated heterocycles. The molecular weight excluding hydrogens is 761 g/mol. The molecule has 4 rings (SSSR count). The van der Waals surface area contributed by atoms with Crippen LogP contribution in [0.25, 0.3) is 0 Å². The molecule has 4 unspecified atom stereocenters. The monoisotopic (exact) mass is 828 g/mol. The maximum atomic E-state index is 14.4. The second kappa shape index (κ2) is 19.8. The van der Waals surface area contributed by atoms with Crippen LogP contribution in [0, 0.1) is 12.8 Å². The molecule has 0 aromatic heterocycles. The first-order chi connectivity index (χ1) is 26.7.